The Morgan fingerprint density at radius 3 is 2.65 bits per heavy atom. The van der Waals surface area contributed by atoms with E-state index in [1.54, 1.807) is 18.7 Å². The van der Waals surface area contributed by atoms with Crippen molar-refractivity contribution in [1.29, 1.82) is 0 Å². The Hall–Kier alpha value is -2.61. The van der Waals surface area contributed by atoms with E-state index in [1.807, 2.05) is 6.92 Å². The summed E-state index contributed by atoms with van der Waals surface area (Å²) in [6.45, 7) is 4.55. The van der Waals surface area contributed by atoms with Gasteiger partial charge in [0.05, 0.1) is 22.1 Å². The number of carbonyl (C=O) groups excluding carboxylic acids is 2. The first-order valence-electron chi connectivity index (χ1n) is 7.77. The highest BCUT2D eigenvalue weighted by atomic mass is 35.5. The van der Waals surface area contributed by atoms with Gasteiger partial charge in [-0.2, -0.15) is 5.10 Å². The zero-order chi connectivity index (χ0) is 19.4. The second-order valence-corrected chi connectivity index (χ2v) is 6.06. The molecule has 2 aromatic rings. The molecule has 0 aliphatic carbocycles. The molecule has 0 fully saturated rings. The van der Waals surface area contributed by atoms with Crippen LogP contribution >= 0.6 is 11.6 Å². The van der Waals surface area contributed by atoms with Crippen LogP contribution in [0.3, 0.4) is 0 Å². The maximum atomic E-state index is 13.0. The molecule has 1 N–H and O–H groups in total. The third-order valence-corrected chi connectivity index (χ3v) is 3.97. The van der Waals surface area contributed by atoms with Gasteiger partial charge in [-0.1, -0.05) is 11.6 Å². The van der Waals surface area contributed by atoms with Crippen LogP contribution in [-0.4, -0.2) is 34.4 Å². The maximum absolute atomic E-state index is 13.0. The fourth-order valence-corrected chi connectivity index (χ4v) is 2.41. The van der Waals surface area contributed by atoms with Gasteiger partial charge in [0.2, 0.25) is 0 Å². The Bertz CT molecular complexity index is 838. The van der Waals surface area contributed by atoms with Gasteiger partial charge >= 0.3 is 5.97 Å². The lowest BCUT2D eigenvalue weighted by atomic mass is 10.3. The van der Waals surface area contributed by atoms with Crippen LogP contribution in [0.15, 0.2) is 18.2 Å². The number of nitrogens with zero attached hydrogens (tertiary/aromatic N) is 2. The van der Waals surface area contributed by atoms with E-state index in [-0.39, 0.29) is 10.8 Å². The van der Waals surface area contributed by atoms with Gasteiger partial charge in [0.1, 0.15) is 11.6 Å². The predicted octanol–water partition coefficient (Wildman–Crippen LogP) is 2.78. The normalized spacial score (nSPS) is 11.8. The summed E-state index contributed by atoms with van der Waals surface area (Å²) >= 11 is 5.80. The second kappa shape index (κ2) is 8.18. The van der Waals surface area contributed by atoms with Crippen molar-refractivity contribution in [2.45, 2.75) is 26.9 Å². The number of anilines is 1. The number of rotatable bonds is 6. The monoisotopic (exact) mass is 383 g/mol. The van der Waals surface area contributed by atoms with Gasteiger partial charge < -0.3 is 14.8 Å². The minimum atomic E-state index is -1.03. The quantitative estimate of drug-likeness (QED) is 0.775. The van der Waals surface area contributed by atoms with Gasteiger partial charge in [-0.3, -0.25) is 9.48 Å². The topological polar surface area (TPSA) is 82.5 Å². The van der Waals surface area contributed by atoms with Crippen LogP contribution < -0.4 is 10.1 Å². The fourth-order valence-electron chi connectivity index (χ4n) is 2.19. The summed E-state index contributed by atoms with van der Waals surface area (Å²) in [4.78, 5) is 24.0. The molecule has 0 unspecified atom stereocenters. The van der Waals surface area contributed by atoms with Crippen LogP contribution in [0.4, 0.5) is 10.1 Å². The summed E-state index contributed by atoms with van der Waals surface area (Å²) in [6, 6.07) is 3.52. The number of aromatic nitrogens is 2. The molecule has 1 amide bonds. The summed E-state index contributed by atoms with van der Waals surface area (Å²) in [5.41, 5.74) is 2.02. The van der Waals surface area contributed by atoms with E-state index in [4.69, 9.17) is 21.1 Å². The molecule has 7 nitrogen and oxygen atoms in total. The van der Waals surface area contributed by atoms with Crippen LogP contribution in [-0.2, 0) is 21.4 Å². The third-order valence-electron chi connectivity index (χ3n) is 3.67. The summed E-state index contributed by atoms with van der Waals surface area (Å²) in [5.74, 6) is -1.62. The van der Waals surface area contributed by atoms with E-state index in [1.165, 1.54) is 13.0 Å². The standard InChI is InChI=1S/C17H19ClFN3O4/c1-9-16(10(2)22(4)21-9)20-17(24)11(3)26-15(23)8-25-14-6-5-12(19)7-13(14)18/h5-7,11H,8H2,1-4H3,(H,20,24)/t11-/m1/s1. The number of ether oxygens (including phenoxy) is 2. The lowest BCUT2D eigenvalue weighted by Gasteiger charge is -2.14. The van der Waals surface area contributed by atoms with Gasteiger partial charge in [0.25, 0.3) is 5.91 Å². The van der Waals surface area contributed by atoms with Gasteiger partial charge in [-0.25, -0.2) is 9.18 Å². The first-order chi connectivity index (χ1) is 12.2. The molecule has 0 bridgehead atoms. The molecule has 1 heterocycles. The number of halogens is 2. The van der Waals surface area contributed by atoms with Crippen molar-refractivity contribution < 1.29 is 23.5 Å². The van der Waals surface area contributed by atoms with Crippen molar-refractivity contribution in [2.75, 3.05) is 11.9 Å². The summed E-state index contributed by atoms with van der Waals surface area (Å²) < 4.78 is 24.8. The average Bonchev–Trinajstić information content (AvgIpc) is 2.80. The number of aryl methyl sites for hydroxylation is 2. The Morgan fingerprint density at radius 1 is 1.38 bits per heavy atom. The zero-order valence-electron chi connectivity index (χ0n) is 14.8. The van der Waals surface area contributed by atoms with Gasteiger partial charge in [-0.05, 0) is 39.0 Å². The first-order valence-corrected chi connectivity index (χ1v) is 8.15. The number of benzene rings is 1. The smallest absolute Gasteiger partial charge is 0.344 e. The van der Waals surface area contributed by atoms with Crippen molar-refractivity contribution in [3.05, 3.63) is 40.4 Å². The molecule has 0 saturated carbocycles. The van der Waals surface area contributed by atoms with Crippen LogP contribution in [0.1, 0.15) is 18.3 Å². The lowest BCUT2D eigenvalue weighted by Crippen LogP contribution is -2.32. The van der Waals surface area contributed by atoms with Gasteiger partial charge in [0.15, 0.2) is 12.7 Å². The molecule has 1 atom stereocenters. The van der Waals surface area contributed by atoms with E-state index in [0.29, 0.717) is 11.4 Å². The minimum absolute atomic E-state index is 0.0334. The van der Waals surface area contributed by atoms with Crippen molar-refractivity contribution >= 4 is 29.2 Å². The van der Waals surface area contributed by atoms with E-state index < -0.39 is 30.4 Å². The molecule has 9 heteroatoms. The van der Waals surface area contributed by atoms with Crippen molar-refractivity contribution in [3.63, 3.8) is 0 Å². The summed E-state index contributed by atoms with van der Waals surface area (Å²) in [5, 5.41) is 6.92. The van der Waals surface area contributed by atoms with E-state index >= 15 is 0 Å². The fraction of sp³-hybridized carbons (Fsp3) is 0.353. The number of hydrogen-bond donors (Lipinski definition) is 1. The molecular formula is C17H19ClFN3O4. The molecule has 0 radical (unpaired) electrons. The minimum Gasteiger partial charge on any atom is -0.480 e. The Kier molecular flexibility index (Phi) is 6.20. The van der Waals surface area contributed by atoms with Crippen LogP contribution in [0.25, 0.3) is 0 Å². The average molecular weight is 384 g/mol. The molecule has 1 aromatic carbocycles. The predicted molar refractivity (Wildman–Crippen MR) is 93.8 cm³/mol. The number of amides is 1. The molecule has 26 heavy (non-hydrogen) atoms. The number of hydrogen-bond acceptors (Lipinski definition) is 5. The molecule has 0 saturated heterocycles. The van der Waals surface area contributed by atoms with E-state index in [0.717, 1.165) is 17.8 Å². The molecule has 140 valence electrons. The Labute approximate surface area is 155 Å². The Balaban J connectivity index is 1.88. The highest BCUT2D eigenvalue weighted by molar-refractivity contribution is 6.32. The van der Waals surface area contributed by atoms with Crippen LogP contribution in [0, 0.1) is 19.7 Å². The lowest BCUT2D eigenvalue weighted by molar-refractivity contribution is -0.155. The first kappa shape index (κ1) is 19.7. The molecule has 0 spiro atoms. The van der Waals surface area contributed by atoms with E-state index in [2.05, 4.69) is 10.4 Å². The van der Waals surface area contributed by atoms with Gasteiger partial charge in [0, 0.05) is 7.05 Å². The molecule has 2 rings (SSSR count). The molecular weight excluding hydrogens is 365 g/mol. The number of carbonyl (C=O) groups is 2. The van der Waals surface area contributed by atoms with Gasteiger partial charge in [-0.15, -0.1) is 0 Å². The largest absolute Gasteiger partial charge is 0.480 e. The van der Waals surface area contributed by atoms with Crippen molar-refractivity contribution in [2.24, 2.45) is 7.05 Å². The summed E-state index contributed by atoms with van der Waals surface area (Å²) in [6.07, 6.45) is -1.03. The summed E-state index contributed by atoms with van der Waals surface area (Å²) in [7, 11) is 1.76. The van der Waals surface area contributed by atoms with Crippen LogP contribution in [0.5, 0.6) is 5.75 Å². The van der Waals surface area contributed by atoms with E-state index in [9.17, 15) is 14.0 Å². The second-order valence-electron chi connectivity index (χ2n) is 5.65. The van der Waals surface area contributed by atoms with Crippen LogP contribution in [0.2, 0.25) is 5.02 Å². The highest BCUT2D eigenvalue weighted by Crippen LogP contribution is 2.24. The van der Waals surface area contributed by atoms with Crippen molar-refractivity contribution in [3.8, 4) is 5.75 Å². The third kappa shape index (κ3) is 4.72. The SMILES string of the molecule is Cc1nn(C)c(C)c1NC(=O)[C@@H](C)OC(=O)COc1ccc(F)cc1Cl. The Morgan fingerprint density at radius 2 is 2.08 bits per heavy atom. The molecule has 0 aliphatic heterocycles. The maximum Gasteiger partial charge on any atom is 0.344 e. The van der Waals surface area contributed by atoms with Crippen molar-refractivity contribution in [1.82, 2.24) is 9.78 Å². The zero-order valence-corrected chi connectivity index (χ0v) is 15.6. The molecule has 0 aliphatic rings. The number of esters is 1. The molecule has 1 aromatic heterocycles. The number of nitrogens with one attached hydrogen (secondary N) is 1. The highest BCUT2D eigenvalue weighted by Gasteiger charge is 2.21.